The van der Waals surface area contributed by atoms with Crippen molar-refractivity contribution < 1.29 is 4.74 Å². The number of aromatic nitrogens is 2. The highest BCUT2D eigenvalue weighted by molar-refractivity contribution is 5.64. The molecule has 0 radical (unpaired) electrons. The maximum Gasteiger partial charge on any atom is 0.215 e. The monoisotopic (exact) mass is 285 g/mol. The maximum atomic E-state index is 6.04. The molecule has 3 rings (SSSR count). The molecule has 2 aromatic rings. The van der Waals surface area contributed by atoms with Crippen molar-refractivity contribution in [3.05, 3.63) is 36.5 Å². The lowest BCUT2D eigenvalue weighted by Crippen LogP contribution is -2.47. The Morgan fingerprint density at radius 1 is 1.05 bits per heavy atom. The van der Waals surface area contributed by atoms with Crippen LogP contribution in [0.15, 0.2) is 36.5 Å². The first-order valence-electron chi connectivity index (χ1n) is 6.99. The molecule has 0 atom stereocenters. The van der Waals surface area contributed by atoms with Crippen LogP contribution in [0.4, 0.5) is 17.3 Å². The van der Waals surface area contributed by atoms with Crippen LogP contribution in [-0.2, 0) is 0 Å². The number of pyridine rings is 2. The van der Waals surface area contributed by atoms with Gasteiger partial charge < -0.3 is 20.3 Å². The third-order valence-electron chi connectivity index (χ3n) is 3.64. The molecule has 2 N–H and O–H groups in total. The molecule has 0 amide bonds. The number of methoxy groups -OCH3 is 1. The van der Waals surface area contributed by atoms with Gasteiger partial charge in [0.15, 0.2) is 5.82 Å². The molecule has 0 saturated carbocycles. The van der Waals surface area contributed by atoms with E-state index in [0.717, 1.165) is 37.8 Å². The Bertz CT molecular complexity index is 596. The van der Waals surface area contributed by atoms with Crippen molar-refractivity contribution >= 4 is 17.3 Å². The van der Waals surface area contributed by atoms with Gasteiger partial charge in [-0.1, -0.05) is 6.07 Å². The van der Waals surface area contributed by atoms with Crippen LogP contribution in [0, 0.1) is 0 Å². The van der Waals surface area contributed by atoms with Crippen LogP contribution < -0.4 is 20.3 Å². The number of hydrogen-bond donors (Lipinski definition) is 1. The van der Waals surface area contributed by atoms with Gasteiger partial charge in [-0.2, -0.15) is 4.98 Å². The highest BCUT2D eigenvalue weighted by atomic mass is 16.5. The SMILES string of the molecule is COc1ccc(N)c(N2CCN(c3ccccn3)CC2)n1. The fraction of sp³-hybridized carbons (Fsp3) is 0.333. The van der Waals surface area contributed by atoms with Gasteiger partial charge in [0.1, 0.15) is 5.82 Å². The fourth-order valence-corrected chi connectivity index (χ4v) is 2.50. The summed E-state index contributed by atoms with van der Waals surface area (Å²) < 4.78 is 5.18. The first-order chi connectivity index (χ1) is 10.3. The molecule has 1 aliphatic heterocycles. The minimum atomic E-state index is 0.589. The lowest BCUT2D eigenvalue weighted by Gasteiger charge is -2.36. The first-order valence-corrected chi connectivity index (χ1v) is 6.99. The number of anilines is 3. The number of piperazine rings is 1. The highest BCUT2D eigenvalue weighted by Gasteiger charge is 2.20. The summed E-state index contributed by atoms with van der Waals surface area (Å²) in [6, 6.07) is 9.60. The van der Waals surface area contributed by atoms with Crippen molar-refractivity contribution in [3.63, 3.8) is 0 Å². The third kappa shape index (κ3) is 2.84. The first kappa shape index (κ1) is 13.5. The summed E-state index contributed by atoms with van der Waals surface area (Å²) in [5.41, 5.74) is 6.72. The van der Waals surface area contributed by atoms with Crippen LogP contribution in [-0.4, -0.2) is 43.3 Å². The van der Waals surface area contributed by atoms with Crippen molar-refractivity contribution in [2.24, 2.45) is 0 Å². The Morgan fingerprint density at radius 2 is 1.81 bits per heavy atom. The Kier molecular flexibility index (Phi) is 3.77. The Balaban J connectivity index is 1.71. The van der Waals surface area contributed by atoms with Crippen molar-refractivity contribution in [2.45, 2.75) is 0 Å². The largest absolute Gasteiger partial charge is 0.481 e. The molecule has 6 nitrogen and oxygen atoms in total. The predicted octanol–water partition coefficient (Wildman–Crippen LogP) is 1.39. The van der Waals surface area contributed by atoms with E-state index < -0.39 is 0 Å². The molecule has 3 heterocycles. The average molecular weight is 285 g/mol. The van der Waals surface area contributed by atoms with Gasteiger partial charge in [0.2, 0.25) is 5.88 Å². The lowest BCUT2D eigenvalue weighted by atomic mass is 10.2. The topological polar surface area (TPSA) is 67.5 Å². The smallest absolute Gasteiger partial charge is 0.215 e. The van der Waals surface area contributed by atoms with Crippen LogP contribution in [0.2, 0.25) is 0 Å². The van der Waals surface area contributed by atoms with E-state index in [9.17, 15) is 0 Å². The van der Waals surface area contributed by atoms with Crippen LogP contribution in [0.3, 0.4) is 0 Å². The molecule has 0 unspecified atom stereocenters. The van der Waals surface area contributed by atoms with Gasteiger partial charge in [-0.15, -0.1) is 0 Å². The standard InChI is InChI=1S/C15H19N5O/c1-21-14-6-5-12(16)15(18-14)20-10-8-19(9-11-20)13-4-2-3-7-17-13/h2-7H,8-11,16H2,1H3. The lowest BCUT2D eigenvalue weighted by molar-refractivity contribution is 0.398. The highest BCUT2D eigenvalue weighted by Crippen LogP contribution is 2.25. The Labute approximate surface area is 124 Å². The van der Waals surface area contributed by atoms with Gasteiger partial charge in [-0.25, -0.2) is 4.98 Å². The summed E-state index contributed by atoms with van der Waals surface area (Å²) in [6.45, 7) is 3.52. The minimum absolute atomic E-state index is 0.589. The molecule has 0 bridgehead atoms. The second kappa shape index (κ2) is 5.87. The Hall–Kier alpha value is -2.50. The molecule has 110 valence electrons. The van der Waals surface area contributed by atoms with Crippen molar-refractivity contribution in [3.8, 4) is 5.88 Å². The molecule has 1 aliphatic rings. The van der Waals surface area contributed by atoms with Gasteiger partial charge in [-0.3, -0.25) is 0 Å². The molecule has 2 aromatic heterocycles. The van der Waals surface area contributed by atoms with Gasteiger partial charge in [0, 0.05) is 38.4 Å². The van der Waals surface area contributed by atoms with Crippen molar-refractivity contribution in [1.82, 2.24) is 9.97 Å². The van der Waals surface area contributed by atoms with E-state index in [1.165, 1.54) is 0 Å². The molecular formula is C15H19N5O. The summed E-state index contributed by atoms with van der Waals surface area (Å²) >= 11 is 0. The van der Waals surface area contributed by atoms with Crippen LogP contribution in [0.25, 0.3) is 0 Å². The van der Waals surface area contributed by atoms with Crippen LogP contribution >= 0.6 is 0 Å². The maximum absolute atomic E-state index is 6.04. The van der Waals surface area contributed by atoms with E-state index in [0.29, 0.717) is 11.6 Å². The number of ether oxygens (including phenoxy) is 1. The van der Waals surface area contributed by atoms with Gasteiger partial charge in [0.25, 0.3) is 0 Å². The Morgan fingerprint density at radius 3 is 2.48 bits per heavy atom. The minimum Gasteiger partial charge on any atom is -0.481 e. The van der Waals surface area contributed by atoms with E-state index in [2.05, 4.69) is 19.8 Å². The predicted molar refractivity (Wildman–Crippen MR) is 83.9 cm³/mol. The molecule has 1 saturated heterocycles. The summed E-state index contributed by atoms with van der Waals surface area (Å²) in [6.07, 6.45) is 1.82. The van der Waals surface area contributed by atoms with E-state index in [1.807, 2.05) is 30.5 Å². The van der Waals surface area contributed by atoms with Crippen LogP contribution in [0.1, 0.15) is 0 Å². The van der Waals surface area contributed by atoms with Gasteiger partial charge in [-0.05, 0) is 18.2 Å². The molecule has 0 aromatic carbocycles. The second-order valence-electron chi connectivity index (χ2n) is 4.93. The summed E-state index contributed by atoms with van der Waals surface area (Å²) in [7, 11) is 1.61. The normalized spacial score (nSPS) is 15.1. The van der Waals surface area contributed by atoms with Gasteiger partial charge >= 0.3 is 0 Å². The average Bonchev–Trinajstić information content (AvgIpc) is 2.56. The number of hydrogen-bond acceptors (Lipinski definition) is 6. The van der Waals surface area contributed by atoms with E-state index >= 15 is 0 Å². The molecule has 21 heavy (non-hydrogen) atoms. The zero-order valence-corrected chi connectivity index (χ0v) is 12.1. The molecule has 0 spiro atoms. The number of nitrogens with two attached hydrogens (primary N) is 1. The number of nitrogen functional groups attached to an aromatic ring is 1. The zero-order valence-electron chi connectivity index (χ0n) is 12.1. The quantitative estimate of drug-likeness (QED) is 0.919. The molecule has 6 heteroatoms. The van der Waals surface area contributed by atoms with Gasteiger partial charge in [0.05, 0.1) is 12.8 Å². The molecular weight excluding hydrogens is 266 g/mol. The fourth-order valence-electron chi connectivity index (χ4n) is 2.50. The third-order valence-corrected chi connectivity index (χ3v) is 3.64. The van der Waals surface area contributed by atoms with E-state index in [1.54, 1.807) is 13.2 Å². The molecule has 0 aliphatic carbocycles. The van der Waals surface area contributed by atoms with E-state index in [-0.39, 0.29) is 0 Å². The second-order valence-corrected chi connectivity index (χ2v) is 4.93. The van der Waals surface area contributed by atoms with E-state index in [4.69, 9.17) is 10.5 Å². The summed E-state index contributed by atoms with van der Waals surface area (Å²) in [5.74, 6) is 2.41. The van der Waals surface area contributed by atoms with Crippen molar-refractivity contribution in [2.75, 3.05) is 48.8 Å². The summed E-state index contributed by atoms with van der Waals surface area (Å²) in [5, 5.41) is 0. The zero-order chi connectivity index (χ0) is 14.7. The number of nitrogens with zero attached hydrogens (tertiary/aromatic N) is 4. The van der Waals surface area contributed by atoms with Crippen LogP contribution in [0.5, 0.6) is 5.88 Å². The summed E-state index contributed by atoms with van der Waals surface area (Å²) in [4.78, 5) is 13.3. The van der Waals surface area contributed by atoms with Crippen molar-refractivity contribution in [1.29, 1.82) is 0 Å². The number of rotatable bonds is 3. The molecule has 1 fully saturated rings.